The molecular formula is C25H31NO2S. The Morgan fingerprint density at radius 2 is 1.76 bits per heavy atom. The van der Waals surface area contributed by atoms with Crippen molar-refractivity contribution in [2.75, 3.05) is 7.11 Å². The van der Waals surface area contributed by atoms with Crippen LogP contribution in [0.2, 0.25) is 0 Å². The first kappa shape index (κ1) is 21.4. The SMILES string of the molecule is CCCCCCc1ccc(-n2cccc2CCCc2ccc(C(=O)OC)s2)cc1. The molecular weight excluding hydrogens is 378 g/mol. The quantitative estimate of drug-likeness (QED) is 0.263. The van der Waals surface area contributed by atoms with Gasteiger partial charge in [-0.15, -0.1) is 11.3 Å². The summed E-state index contributed by atoms with van der Waals surface area (Å²) in [6.45, 7) is 2.25. The Hall–Kier alpha value is -2.33. The Labute approximate surface area is 178 Å². The number of rotatable bonds is 11. The molecule has 3 rings (SSSR count). The molecule has 3 nitrogen and oxygen atoms in total. The minimum atomic E-state index is -0.246. The van der Waals surface area contributed by atoms with E-state index in [-0.39, 0.29) is 5.97 Å². The second kappa shape index (κ2) is 11.0. The number of carbonyl (C=O) groups excluding carboxylic acids is 1. The van der Waals surface area contributed by atoms with Gasteiger partial charge >= 0.3 is 5.97 Å². The molecule has 4 heteroatoms. The third kappa shape index (κ3) is 6.07. The second-order valence-electron chi connectivity index (χ2n) is 7.46. The number of unbranched alkanes of at least 4 members (excludes halogenated alkanes) is 3. The maximum absolute atomic E-state index is 11.6. The van der Waals surface area contributed by atoms with Crippen LogP contribution < -0.4 is 0 Å². The van der Waals surface area contributed by atoms with Crippen LogP contribution in [0, 0.1) is 0 Å². The molecule has 0 saturated heterocycles. The molecule has 1 aromatic carbocycles. The number of aromatic nitrogens is 1. The molecule has 0 aliphatic carbocycles. The van der Waals surface area contributed by atoms with Crippen molar-refractivity contribution in [3.05, 3.63) is 75.7 Å². The van der Waals surface area contributed by atoms with Crippen molar-refractivity contribution < 1.29 is 9.53 Å². The maximum Gasteiger partial charge on any atom is 0.348 e. The second-order valence-corrected chi connectivity index (χ2v) is 8.63. The summed E-state index contributed by atoms with van der Waals surface area (Å²) in [4.78, 5) is 13.5. The summed E-state index contributed by atoms with van der Waals surface area (Å²) in [5, 5.41) is 0. The Bertz CT molecular complexity index is 892. The number of aryl methyl sites for hydroxylation is 3. The molecule has 0 spiro atoms. The highest BCUT2D eigenvalue weighted by Gasteiger charge is 2.09. The zero-order valence-corrected chi connectivity index (χ0v) is 18.3. The summed E-state index contributed by atoms with van der Waals surface area (Å²) in [6.07, 6.45) is 11.6. The van der Waals surface area contributed by atoms with Gasteiger partial charge in [-0.05, 0) is 74.1 Å². The van der Waals surface area contributed by atoms with Crippen molar-refractivity contribution in [3.63, 3.8) is 0 Å². The van der Waals surface area contributed by atoms with Crippen molar-refractivity contribution in [1.82, 2.24) is 4.57 Å². The standard InChI is InChI=1S/C25H31NO2S/c1-3-4-5-6-9-20-13-15-22(16-14-20)26-19-8-11-21(26)10-7-12-23-17-18-24(29-23)25(27)28-2/h8,11,13-19H,3-7,9-10,12H2,1-2H3. The lowest BCUT2D eigenvalue weighted by Crippen LogP contribution is -2.00. The zero-order valence-electron chi connectivity index (χ0n) is 17.5. The van der Waals surface area contributed by atoms with E-state index in [1.54, 1.807) is 0 Å². The van der Waals surface area contributed by atoms with Crippen LogP contribution in [0.1, 0.15) is 64.8 Å². The van der Waals surface area contributed by atoms with E-state index in [1.165, 1.54) is 72.4 Å². The molecule has 0 aliphatic rings. The normalized spacial score (nSPS) is 11.0. The van der Waals surface area contributed by atoms with E-state index >= 15 is 0 Å². The molecule has 0 saturated carbocycles. The fraction of sp³-hybridized carbons (Fsp3) is 0.400. The fourth-order valence-corrected chi connectivity index (χ4v) is 4.59. The molecule has 29 heavy (non-hydrogen) atoms. The van der Waals surface area contributed by atoms with Crippen molar-refractivity contribution in [2.24, 2.45) is 0 Å². The van der Waals surface area contributed by atoms with E-state index in [9.17, 15) is 4.79 Å². The number of hydrogen-bond acceptors (Lipinski definition) is 3. The van der Waals surface area contributed by atoms with Gasteiger partial charge in [-0.25, -0.2) is 4.79 Å². The molecule has 154 valence electrons. The predicted octanol–water partition coefficient (Wildman–Crippen LogP) is 6.62. The van der Waals surface area contributed by atoms with E-state index in [2.05, 4.69) is 54.1 Å². The molecule has 2 aromatic heterocycles. The molecule has 0 bridgehead atoms. The van der Waals surface area contributed by atoms with E-state index in [0.717, 1.165) is 19.3 Å². The van der Waals surface area contributed by atoms with Crippen LogP contribution in [0.3, 0.4) is 0 Å². The molecule has 0 unspecified atom stereocenters. The Morgan fingerprint density at radius 3 is 2.52 bits per heavy atom. The third-order valence-electron chi connectivity index (χ3n) is 5.27. The van der Waals surface area contributed by atoms with Gasteiger partial charge in [-0.1, -0.05) is 38.3 Å². The molecule has 2 heterocycles. The van der Waals surface area contributed by atoms with E-state index in [0.29, 0.717) is 4.88 Å². The van der Waals surface area contributed by atoms with Gasteiger partial charge in [0.1, 0.15) is 4.88 Å². The Morgan fingerprint density at radius 1 is 0.931 bits per heavy atom. The fourth-order valence-electron chi connectivity index (χ4n) is 3.62. The average molecular weight is 410 g/mol. The van der Waals surface area contributed by atoms with Crippen LogP contribution >= 0.6 is 11.3 Å². The number of methoxy groups -OCH3 is 1. The lowest BCUT2D eigenvalue weighted by Gasteiger charge is -2.10. The number of benzene rings is 1. The summed E-state index contributed by atoms with van der Waals surface area (Å²) in [7, 11) is 1.43. The average Bonchev–Trinajstić information content (AvgIpc) is 3.41. The number of esters is 1. The maximum atomic E-state index is 11.6. The lowest BCUT2D eigenvalue weighted by molar-refractivity contribution is 0.0606. The number of thiophene rings is 1. The number of nitrogens with zero attached hydrogens (tertiary/aromatic N) is 1. The largest absolute Gasteiger partial charge is 0.465 e. The topological polar surface area (TPSA) is 31.2 Å². The minimum absolute atomic E-state index is 0.246. The summed E-state index contributed by atoms with van der Waals surface area (Å²) in [5.41, 5.74) is 3.98. The van der Waals surface area contributed by atoms with Crippen LogP contribution in [0.25, 0.3) is 5.69 Å². The molecule has 0 N–H and O–H groups in total. The van der Waals surface area contributed by atoms with Crippen molar-refractivity contribution in [2.45, 2.75) is 58.3 Å². The first-order valence-electron chi connectivity index (χ1n) is 10.6. The van der Waals surface area contributed by atoms with E-state index in [4.69, 9.17) is 4.74 Å². The van der Waals surface area contributed by atoms with Gasteiger partial charge in [0.2, 0.25) is 0 Å². The summed E-state index contributed by atoms with van der Waals surface area (Å²) in [6, 6.07) is 17.2. The summed E-state index contributed by atoms with van der Waals surface area (Å²) < 4.78 is 7.07. The van der Waals surface area contributed by atoms with Gasteiger partial charge in [-0.2, -0.15) is 0 Å². The van der Waals surface area contributed by atoms with E-state index in [1.807, 2.05) is 12.1 Å². The third-order valence-corrected chi connectivity index (χ3v) is 6.40. The van der Waals surface area contributed by atoms with Crippen molar-refractivity contribution in [3.8, 4) is 5.69 Å². The monoisotopic (exact) mass is 409 g/mol. The number of ether oxygens (including phenoxy) is 1. The van der Waals surface area contributed by atoms with Crippen LogP contribution in [0.4, 0.5) is 0 Å². The van der Waals surface area contributed by atoms with Gasteiger partial charge < -0.3 is 9.30 Å². The van der Waals surface area contributed by atoms with Crippen LogP contribution in [0.5, 0.6) is 0 Å². The minimum Gasteiger partial charge on any atom is -0.465 e. The molecule has 0 fully saturated rings. The van der Waals surface area contributed by atoms with Gasteiger partial charge in [0.15, 0.2) is 0 Å². The molecule has 0 aliphatic heterocycles. The number of carbonyl (C=O) groups is 1. The van der Waals surface area contributed by atoms with Crippen molar-refractivity contribution in [1.29, 1.82) is 0 Å². The lowest BCUT2D eigenvalue weighted by atomic mass is 10.1. The van der Waals surface area contributed by atoms with Gasteiger partial charge in [0.25, 0.3) is 0 Å². The first-order chi connectivity index (χ1) is 14.2. The molecule has 0 amide bonds. The molecule has 0 atom stereocenters. The number of hydrogen-bond donors (Lipinski definition) is 0. The van der Waals surface area contributed by atoms with Crippen LogP contribution in [-0.4, -0.2) is 17.6 Å². The van der Waals surface area contributed by atoms with Gasteiger partial charge in [-0.3, -0.25) is 0 Å². The van der Waals surface area contributed by atoms with E-state index < -0.39 is 0 Å². The van der Waals surface area contributed by atoms with Crippen LogP contribution in [-0.2, 0) is 24.0 Å². The first-order valence-corrected chi connectivity index (χ1v) is 11.5. The highest BCUT2D eigenvalue weighted by Crippen LogP contribution is 2.21. The Balaban J connectivity index is 1.54. The zero-order chi connectivity index (χ0) is 20.5. The predicted molar refractivity (Wildman–Crippen MR) is 121 cm³/mol. The highest BCUT2D eigenvalue weighted by atomic mass is 32.1. The van der Waals surface area contributed by atoms with Crippen LogP contribution in [0.15, 0.2) is 54.7 Å². The molecule has 3 aromatic rings. The van der Waals surface area contributed by atoms with Gasteiger partial charge in [0, 0.05) is 22.5 Å². The highest BCUT2D eigenvalue weighted by molar-refractivity contribution is 7.13. The Kier molecular flexibility index (Phi) is 8.12. The molecule has 0 radical (unpaired) electrons. The summed E-state index contributed by atoms with van der Waals surface area (Å²) >= 11 is 1.53. The smallest absolute Gasteiger partial charge is 0.348 e. The van der Waals surface area contributed by atoms with Gasteiger partial charge in [0.05, 0.1) is 7.11 Å². The summed E-state index contributed by atoms with van der Waals surface area (Å²) in [5.74, 6) is -0.246. The van der Waals surface area contributed by atoms with Crippen molar-refractivity contribution >= 4 is 17.3 Å².